The van der Waals surface area contributed by atoms with E-state index in [0.717, 1.165) is 65.8 Å². The van der Waals surface area contributed by atoms with Crippen molar-refractivity contribution in [2.24, 2.45) is 16.8 Å². The number of fused-ring (bicyclic) bond motifs is 1. The summed E-state index contributed by atoms with van der Waals surface area (Å²) in [7, 11) is 0. The molecule has 1 aromatic heterocycles. The Balaban J connectivity index is 1.22. The van der Waals surface area contributed by atoms with Crippen LogP contribution in [0, 0.1) is 11.8 Å². The monoisotopic (exact) mass is 466 g/mol. The van der Waals surface area contributed by atoms with Gasteiger partial charge in [0.2, 0.25) is 5.91 Å². The number of aromatic nitrogens is 1. The van der Waals surface area contributed by atoms with E-state index in [1.54, 1.807) is 0 Å². The molecule has 1 atom stereocenters. The van der Waals surface area contributed by atoms with Gasteiger partial charge in [0.25, 0.3) is 5.91 Å². The van der Waals surface area contributed by atoms with Gasteiger partial charge in [-0.2, -0.15) is 0 Å². The third-order valence-electron chi connectivity index (χ3n) is 7.44. The lowest BCUT2D eigenvalue weighted by atomic mass is 10.0. The van der Waals surface area contributed by atoms with E-state index in [2.05, 4.69) is 29.2 Å². The Morgan fingerprint density at radius 3 is 2.51 bits per heavy atom. The molecule has 2 amide bonds. The van der Waals surface area contributed by atoms with Gasteiger partial charge in [0.1, 0.15) is 11.4 Å². The molecule has 3 aliphatic rings. The number of aliphatic imine (C=N–C) groups is 1. The van der Waals surface area contributed by atoms with Crippen LogP contribution in [0.1, 0.15) is 38.7 Å². The molecule has 0 N–H and O–H groups in total. The zero-order chi connectivity index (χ0) is 24.2. The van der Waals surface area contributed by atoms with Crippen LogP contribution < -0.4 is 0 Å². The Labute approximate surface area is 205 Å². The van der Waals surface area contributed by atoms with E-state index in [0.29, 0.717) is 12.5 Å². The van der Waals surface area contributed by atoms with Crippen LogP contribution in [0.5, 0.6) is 0 Å². The minimum Gasteiger partial charge on any atom is -0.342 e. The van der Waals surface area contributed by atoms with Crippen molar-refractivity contribution in [1.82, 2.24) is 14.8 Å². The van der Waals surface area contributed by atoms with Gasteiger partial charge >= 0.3 is 0 Å². The van der Waals surface area contributed by atoms with Crippen LogP contribution in [0.25, 0.3) is 22.0 Å². The van der Waals surface area contributed by atoms with Crippen molar-refractivity contribution in [3.63, 3.8) is 0 Å². The fourth-order valence-corrected chi connectivity index (χ4v) is 5.26. The first-order valence-corrected chi connectivity index (χ1v) is 12.6. The van der Waals surface area contributed by atoms with Gasteiger partial charge in [-0.1, -0.05) is 42.5 Å². The highest BCUT2D eigenvalue weighted by atomic mass is 16.2. The van der Waals surface area contributed by atoms with Gasteiger partial charge in [0.15, 0.2) is 0 Å². The molecule has 3 aromatic rings. The number of hydrogen-bond donors (Lipinski definition) is 0. The Hall–Kier alpha value is -3.54. The molecule has 2 fully saturated rings. The molecule has 1 saturated carbocycles. The molecule has 0 spiro atoms. The Morgan fingerprint density at radius 1 is 1.00 bits per heavy atom. The molecular weight excluding hydrogens is 436 g/mol. The van der Waals surface area contributed by atoms with Crippen LogP contribution in [0.2, 0.25) is 0 Å². The van der Waals surface area contributed by atoms with E-state index in [1.165, 1.54) is 0 Å². The maximum atomic E-state index is 13.3. The molecule has 2 aliphatic heterocycles. The number of hydrogen-bond acceptors (Lipinski definition) is 4. The first-order valence-electron chi connectivity index (χ1n) is 12.6. The summed E-state index contributed by atoms with van der Waals surface area (Å²) in [5.74, 6) is 1.59. The topological polar surface area (TPSA) is 65.9 Å². The summed E-state index contributed by atoms with van der Waals surface area (Å²) in [6, 6.07) is 18.5. The van der Waals surface area contributed by atoms with Crippen molar-refractivity contribution in [1.29, 1.82) is 0 Å². The summed E-state index contributed by atoms with van der Waals surface area (Å²) in [4.78, 5) is 39.0. The average Bonchev–Trinajstić information content (AvgIpc) is 3.58. The second-order valence-corrected chi connectivity index (χ2v) is 10.6. The average molecular weight is 467 g/mol. The maximum absolute atomic E-state index is 13.3. The normalized spacial score (nSPS) is 21.6. The molecule has 1 saturated heterocycles. The van der Waals surface area contributed by atoms with Crippen molar-refractivity contribution in [3.05, 3.63) is 66.4 Å². The zero-order valence-electron chi connectivity index (χ0n) is 20.3. The zero-order valence-corrected chi connectivity index (χ0v) is 20.3. The van der Waals surface area contributed by atoms with Crippen LogP contribution in [-0.4, -0.2) is 57.6 Å². The predicted octanol–water partition coefficient (Wildman–Crippen LogP) is 4.53. The SMILES string of the molecule is CC1(C)N=C(c2ccc(-c3cnc4ccccc4c3)cc2)N(C[C@@H]2CCN(C(=O)C3CC3)C2)C1=O. The molecule has 35 heavy (non-hydrogen) atoms. The quantitative estimate of drug-likeness (QED) is 0.555. The number of nitrogens with zero attached hydrogens (tertiary/aromatic N) is 4. The number of pyridine rings is 1. The second kappa shape index (κ2) is 8.29. The van der Waals surface area contributed by atoms with Gasteiger partial charge in [0, 0.05) is 48.3 Å². The third kappa shape index (κ3) is 4.11. The summed E-state index contributed by atoms with van der Waals surface area (Å²) in [5.41, 5.74) is 3.27. The number of carbonyl (C=O) groups is 2. The minimum absolute atomic E-state index is 0.0299. The summed E-state index contributed by atoms with van der Waals surface area (Å²) < 4.78 is 0. The first-order chi connectivity index (χ1) is 16.9. The molecule has 178 valence electrons. The summed E-state index contributed by atoms with van der Waals surface area (Å²) >= 11 is 0. The fraction of sp³-hybridized carbons (Fsp3) is 0.379. The van der Waals surface area contributed by atoms with Crippen LogP contribution in [0.3, 0.4) is 0 Å². The van der Waals surface area contributed by atoms with Crippen molar-refractivity contribution in [2.45, 2.75) is 38.6 Å². The van der Waals surface area contributed by atoms with Crippen molar-refractivity contribution in [2.75, 3.05) is 19.6 Å². The Bertz CT molecular complexity index is 1340. The van der Waals surface area contributed by atoms with Gasteiger partial charge in [-0.05, 0) is 56.7 Å². The number of benzene rings is 2. The summed E-state index contributed by atoms with van der Waals surface area (Å²) in [5, 5.41) is 1.11. The van der Waals surface area contributed by atoms with Gasteiger partial charge in [0.05, 0.1) is 5.52 Å². The van der Waals surface area contributed by atoms with Crippen molar-refractivity contribution in [3.8, 4) is 11.1 Å². The fourth-order valence-electron chi connectivity index (χ4n) is 5.26. The highest BCUT2D eigenvalue weighted by Crippen LogP contribution is 2.34. The minimum atomic E-state index is -0.779. The van der Waals surface area contributed by atoms with E-state index in [9.17, 15) is 9.59 Å². The number of rotatable bonds is 5. The van der Waals surface area contributed by atoms with Gasteiger partial charge in [-0.25, -0.2) is 0 Å². The molecule has 0 unspecified atom stereocenters. The summed E-state index contributed by atoms with van der Waals surface area (Å²) in [6.45, 7) is 5.89. The van der Waals surface area contributed by atoms with Gasteiger partial charge in [-0.15, -0.1) is 0 Å². The largest absolute Gasteiger partial charge is 0.342 e. The molecule has 3 heterocycles. The standard InChI is InChI=1S/C29H30N4O2/c1-29(2)28(35)33(18-19-13-14-32(17-19)27(34)22-11-12-22)26(31-29)21-9-7-20(8-10-21)24-15-23-5-3-4-6-25(23)30-16-24/h3-10,15-16,19,22H,11-14,17-18H2,1-2H3/t19-/m1/s1. The number of para-hydroxylation sites is 1. The second-order valence-electron chi connectivity index (χ2n) is 10.6. The highest BCUT2D eigenvalue weighted by molar-refractivity contribution is 6.15. The smallest absolute Gasteiger partial charge is 0.255 e. The molecular formula is C29H30N4O2. The van der Waals surface area contributed by atoms with E-state index >= 15 is 0 Å². The Morgan fingerprint density at radius 2 is 1.74 bits per heavy atom. The molecule has 0 bridgehead atoms. The van der Waals surface area contributed by atoms with Crippen molar-refractivity contribution >= 4 is 28.6 Å². The number of amides is 2. The Kier molecular flexibility index (Phi) is 5.20. The van der Waals surface area contributed by atoms with Crippen molar-refractivity contribution < 1.29 is 9.59 Å². The number of carbonyl (C=O) groups excluding carboxylic acids is 2. The first kappa shape index (κ1) is 22.0. The van der Waals surface area contributed by atoms with Crippen LogP contribution >= 0.6 is 0 Å². The van der Waals surface area contributed by atoms with Gasteiger partial charge in [-0.3, -0.25) is 24.5 Å². The van der Waals surface area contributed by atoms with E-state index in [1.807, 2.05) is 60.2 Å². The van der Waals surface area contributed by atoms with Crippen LogP contribution in [0.15, 0.2) is 65.8 Å². The van der Waals surface area contributed by atoms with Crippen LogP contribution in [-0.2, 0) is 9.59 Å². The molecule has 0 radical (unpaired) electrons. The van der Waals surface area contributed by atoms with E-state index in [-0.39, 0.29) is 17.7 Å². The predicted molar refractivity (Wildman–Crippen MR) is 137 cm³/mol. The lowest BCUT2D eigenvalue weighted by Gasteiger charge is -2.24. The lowest BCUT2D eigenvalue weighted by Crippen LogP contribution is -2.42. The highest BCUT2D eigenvalue weighted by Gasteiger charge is 2.43. The maximum Gasteiger partial charge on any atom is 0.255 e. The third-order valence-corrected chi connectivity index (χ3v) is 7.44. The number of likely N-dealkylation sites (tertiary alicyclic amines) is 1. The number of amidine groups is 1. The van der Waals surface area contributed by atoms with Gasteiger partial charge < -0.3 is 4.90 Å². The molecule has 6 nitrogen and oxygen atoms in total. The van der Waals surface area contributed by atoms with Crippen LogP contribution in [0.4, 0.5) is 0 Å². The lowest BCUT2D eigenvalue weighted by molar-refractivity contribution is -0.131. The molecule has 6 rings (SSSR count). The summed E-state index contributed by atoms with van der Waals surface area (Å²) in [6.07, 6.45) is 4.89. The molecule has 2 aromatic carbocycles. The molecule has 1 aliphatic carbocycles. The molecule has 6 heteroatoms. The van der Waals surface area contributed by atoms with E-state index < -0.39 is 5.54 Å². The van der Waals surface area contributed by atoms with E-state index in [4.69, 9.17) is 4.99 Å².